The Morgan fingerprint density at radius 3 is 1.01 bits per heavy atom. The lowest BCUT2D eigenvalue weighted by Gasteiger charge is -2.32. The lowest BCUT2D eigenvalue weighted by Crippen LogP contribution is -2.43. The third-order valence-corrected chi connectivity index (χ3v) is 36.3. The van der Waals surface area contributed by atoms with Crippen LogP contribution in [0, 0.1) is 5.92 Å². The average Bonchev–Trinajstić information content (AvgIpc) is 1.57. The third kappa shape index (κ3) is 23.9. The van der Waals surface area contributed by atoms with Gasteiger partial charge in [-0.2, -0.15) is 0 Å². The first-order valence-corrected chi connectivity index (χ1v) is 65.8. The Kier molecular flexibility index (Phi) is 32.6. The van der Waals surface area contributed by atoms with E-state index in [9.17, 15) is 45.2 Å². The van der Waals surface area contributed by atoms with E-state index < -0.39 is 167 Å². The van der Waals surface area contributed by atoms with Crippen LogP contribution >= 0.6 is 52.9 Å². The predicted octanol–water partition coefficient (Wildman–Crippen LogP) is 9.47. The second-order valence-electron chi connectivity index (χ2n) is 43.3. The fraction of sp³-hybridized carbons (Fsp3) is 0.558. The average molecular weight is 2100 g/mol. The molecule has 0 radical (unpaired) electrons. The van der Waals surface area contributed by atoms with Crippen molar-refractivity contribution in [3.8, 4) is 0 Å². The number of fused-ring (bicyclic) bond motifs is 8. The fourth-order valence-corrected chi connectivity index (χ4v) is 24.7. The van der Waals surface area contributed by atoms with Crippen molar-refractivity contribution in [3.63, 3.8) is 0 Å². The summed E-state index contributed by atoms with van der Waals surface area (Å²) in [6, 6.07) is 10.1. The summed E-state index contributed by atoms with van der Waals surface area (Å²) >= 11 is 6.42. The van der Waals surface area contributed by atoms with E-state index in [0.29, 0.717) is 127 Å². The van der Waals surface area contributed by atoms with Gasteiger partial charge in [-0.25, -0.2) is 64.2 Å². The molecule has 0 aliphatic carbocycles. The number of rotatable bonds is 24. The summed E-state index contributed by atoms with van der Waals surface area (Å²) in [5.74, 6) is -0.0677. The summed E-state index contributed by atoms with van der Waals surface area (Å²) in [5.41, 5.74) is 41.6. The highest BCUT2D eigenvalue weighted by atomic mass is 35.5. The van der Waals surface area contributed by atoms with Gasteiger partial charge in [0, 0.05) is 43.1 Å². The van der Waals surface area contributed by atoms with Crippen molar-refractivity contribution >= 4 is 192 Å². The van der Waals surface area contributed by atoms with Gasteiger partial charge in [-0.15, -0.1) is 90.7 Å². The minimum Gasteiger partial charge on any atom is -0.397 e. The zero-order valence-electron chi connectivity index (χ0n) is 83.8. The number of anilines is 6. The van der Waals surface area contributed by atoms with Crippen molar-refractivity contribution in [2.45, 2.75) is 205 Å². The molecule has 0 saturated carbocycles. The number of halogens is 2. The number of aliphatic hydroxyl groups excluding tert-OH is 6. The first-order chi connectivity index (χ1) is 66.2. The van der Waals surface area contributed by atoms with Gasteiger partial charge in [0.15, 0.2) is 71.2 Å². The molecule has 19 heterocycles. The minimum absolute atomic E-state index is 0.0677. The zero-order chi connectivity index (χ0) is 104. The third-order valence-electron chi connectivity index (χ3n) is 27.1. The fourth-order valence-electron chi connectivity index (χ4n) is 18.5. The Morgan fingerprint density at radius 2 is 0.662 bits per heavy atom. The van der Waals surface area contributed by atoms with E-state index in [1.807, 2.05) is 23.0 Å². The number of pyridine rings is 6. The number of imidazole rings is 6. The first-order valence-electron chi connectivity index (χ1n) is 47.1. The highest BCUT2D eigenvalue weighted by Gasteiger charge is 2.62. The lowest BCUT2D eigenvalue weighted by molar-refractivity contribution is -0.172. The number of hydrogen-bond acceptors (Lipinski definition) is 33. The van der Waals surface area contributed by atoms with Crippen LogP contribution in [0.25, 0.3) is 67.0 Å². The number of aromatic nitrogens is 18. The van der Waals surface area contributed by atoms with E-state index in [0.717, 1.165) is 56.2 Å². The molecule has 7 aliphatic heterocycles. The normalized spacial score (nSPS) is 30.5. The molecule has 0 aromatic carbocycles. The van der Waals surface area contributed by atoms with Crippen molar-refractivity contribution in [1.82, 2.24) is 87.2 Å². The molecule has 20 N–H and O–H groups in total. The Balaban J connectivity index is 0.000000135. The first kappa shape index (κ1) is 110. The van der Waals surface area contributed by atoms with Gasteiger partial charge in [0.2, 0.25) is 0 Å². The molecule has 778 valence electrons. The van der Waals surface area contributed by atoms with Gasteiger partial charge >= 0.3 is 0 Å². The molecule has 39 nitrogen and oxygen atoms in total. The summed E-state index contributed by atoms with van der Waals surface area (Å²) in [4.78, 5) is 51.5. The van der Waals surface area contributed by atoms with Gasteiger partial charge in [0.25, 0.3) is 0 Å². The van der Waals surface area contributed by atoms with Crippen LogP contribution in [0.1, 0.15) is 104 Å². The number of aliphatic hydroxyl groups is 8. The SMILES string of the molecule is C=P(C)(C)CC[C@@]1(C)OC(n2cnc3c(N)ccnc32)[C@H](C)[C@@H]1O.C=P(C)(C)CC[C@@]12CO[C@@H](C(n3cnc4c(N)ccnc43)O1)[C@@H]2O.C=P(C)(C)CC[C@H]1OC(n2cnc3c(N)ccnc32)[C@@](C)(O)[C@@H]1O.C=P(C)(C)CC[C@H]1OC(n2cnc3c(N)ccnc32)[C@H](Cl)[C@@H]1O.C=P(C)(C)CC[C@H]1OC(n2cnc3c(N)ccnc32)[C@H](F)[C@@H]1O.C=P(C)(C)CC[C@H]1OC(n2cnc3c(N)ccnc32)[C@](C)(O)[C@@H]1O. The Bertz CT molecular complexity index is 6470. The highest BCUT2D eigenvalue weighted by Crippen LogP contribution is 2.54. The van der Waals surface area contributed by atoms with Crippen LogP contribution < -0.4 is 34.4 Å². The smallest absolute Gasteiger partial charge is 0.173 e. The second-order valence-corrected chi connectivity index (χ2v) is 69.7. The van der Waals surface area contributed by atoms with Crippen molar-refractivity contribution < 1.29 is 78.4 Å². The molecular formula is C95H144ClFN24O15P6. The molecule has 7 aliphatic rings. The monoisotopic (exact) mass is 2100 g/mol. The van der Waals surface area contributed by atoms with E-state index in [1.54, 1.807) is 133 Å². The molecule has 6 unspecified atom stereocenters. The number of ether oxygens (including phenoxy) is 7. The van der Waals surface area contributed by atoms with Crippen molar-refractivity contribution in [2.75, 3.05) is 158 Å². The maximum Gasteiger partial charge on any atom is 0.173 e. The molecule has 0 amide bonds. The molecule has 19 rings (SSSR count). The van der Waals surface area contributed by atoms with Gasteiger partial charge in [0.1, 0.15) is 98.1 Å². The van der Waals surface area contributed by atoms with Crippen LogP contribution in [0.3, 0.4) is 0 Å². The van der Waals surface area contributed by atoms with Gasteiger partial charge in [-0.1, -0.05) is 6.92 Å². The maximum absolute atomic E-state index is 14.6. The summed E-state index contributed by atoms with van der Waals surface area (Å²) in [7, 11) is 0. The summed E-state index contributed by atoms with van der Waals surface area (Å²) in [5, 5.41) is 84.3. The number of nitrogens with two attached hydrogens (primary N) is 6. The maximum atomic E-state index is 14.6. The number of hydrogen-bond donors (Lipinski definition) is 14. The molecule has 47 heteroatoms. The molecule has 24 atom stereocenters. The van der Waals surface area contributed by atoms with Crippen LogP contribution in [0.4, 0.5) is 38.5 Å². The van der Waals surface area contributed by atoms with Crippen LogP contribution in [0.15, 0.2) is 112 Å². The van der Waals surface area contributed by atoms with E-state index in [-0.39, 0.29) is 18.2 Å². The summed E-state index contributed by atoms with van der Waals surface area (Å²) in [6.07, 6.45) is 41.5. The minimum atomic E-state index is -1.54. The summed E-state index contributed by atoms with van der Waals surface area (Å²) < 4.78 is 67.1. The summed E-state index contributed by atoms with van der Waals surface area (Å²) in [6.45, 7) is 26.2. The molecule has 0 spiro atoms. The predicted molar refractivity (Wildman–Crippen MR) is 582 cm³/mol. The molecule has 142 heavy (non-hydrogen) atoms. The van der Waals surface area contributed by atoms with E-state index in [2.05, 4.69) is 178 Å². The van der Waals surface area contributed by atoms with Crippen LogP contribution in [0.2, 0.25) is 0 Å². The lowest BCUT2D eigenvalue weighted by atomic mass is 9.90. The molecule has 12 aromatic heterocycles. The van der Waals surface area contributed by atoms with Crippen LogP contribution in [-0.2, 0) is 33.2 Å². The van der Waals surface area contributed by atoms with Gasteiger partial charge in [-0.3, -0.25) is 27.4 Å². The Labute approximate surface area is 832 Å². The number of nitrogens with zero attached hydrogens (tertiary/aromatic N) is 18. The van der Waals surface area contributed by atoms with Gasteiger partial charge < -0.3 is 108 Å². The van der Waals surface area contributed by atoms with Crippen molar-refractivity contribution in [2.24, 2.45) is 5.92 Å². The quantitative estimate of drug-likeness (QED) is 0.0198. The molecule has 7 fully saturated rings. The standard InChI is InChI=1S/C17H27N4O2P.C16H23N4O3P.2C16H25N4O3P.C15H22ClN4O2P.C15H22FN4O2P/c1-11-14(22)17(2,7-9-24(3,4)5)23-16(11)21-10-20-13-12(18)6-8-19-15(13)21;1-24(2,3)7-5-16-8-22-12(13(16)21)15(23-16)20-9-19-11-10(17)4-6-18-14(11)20;2*1-16(22)13(21)11(6-8-24(2,3)4)23-15(16)20-9-19-12-10(17)5-7-18-14(12)20;2*1-23(2,3)7-5-10-13(21)11(16)15(22-10)20-8-19-12-9(17)4-6-18-14(12)20/h6,8,10-11,14,16,22H,3,7,9H2,1-2,4-5H3,(H2,18,19);4,6,9,12-13,15,21H,1,5,7-8H2,2-3H3,(H2,17,18);2*5,7,9,11,13,15,21-22H,2,6,8H2,1,3-4H3,(H2,17,18);2*4,6,8,10-11,13,15,21H,1,5,7H2,2-3H3,(H2,17,18)/t11-,14+,16?,17-;12-,13+,15?,16+;11-,13-,15?,16+;11-,13-,15?,16-;2*10-,11-,13-,15?/m111111/s1. The van der Waals surface area contributed by atoms with Crippen molar-refractivity contribution in [3.05, 3.63) is 112 Å². The van der Waals surface area contributed by atoms with Crippen molar-refractivity contribution in [1.29, 1.82) is 0 Å². The second kappa shape index (κ2) is 42.3. The molecule has 2 bridgehead atoms. The molecule has 7 saturated heterocycles. The van der Waals surface area contributed by atoms with E-state index in [1.165, 1.54) is 10.9 Å². The van der Waals surface area contributed by atoms with Gasteiger partial charge in [-0.05, 0) is 213 Å². The Hall–Kier alpha value is -8.06. The van der Waals surface area contributed by atoms with E-state index >= 15 is 0 Å². The Morgan fingerprint density at radius 1 is 0.373 bits per heavy atom. The topological polar surface area (TPSA) is 567 Å². The van der Waals surface area contributed by atoms with E-state index in [4.69, 9.17) is 79.2 Å². The largest absolute Gasteiger partial charge is 0.397 e. The van der Waals surface area contributed by atoms with Gasteiger partial charge in [0.05, 0.1) is 115 Å². The zero-order valence-corrected chi connectivity index (χ0v) is 89.9. The van der Waals surface area contributed by atoms with Crippen LogP contribution in [0.5, 0.6) is 0 Å². The number of alkyl halides is 2. The number of nitrogen functional groups attached to an aromatic ring is 6. The molecular weight excluding hydrogens is 1960 g/mol. The molecule has 12 aromatic rings. The van der Waals surface area contributed by atoms with Crippen LogP contribution in [-0.4, -0.2) is 391 Å². The highest BCUT2D eigenvalue weighted by molar-refractivity contribution is 7.73.